The van der Waals surface area contributed by atoms with Crippen LogP contribution in [0.15, 0.2) is 53.4 Å². The molecule has 1 atom stereocenters. The topological polar surface area (TPSA) is 75.3 Å². The highest BCUT2D eigenvalue weighted by Gasteiger charge is 2.14. The summed E-state index contributed by atoms with van der Waals surface area (Å²) in [6.07, 6.45) is 0. The normalized spacial score (nSPS) is 11.6. The van der Waals surface area contributed by atoms with Gasteiger partial charge in [0.05, 0.1) is 10.8 Å². The molecule has 2 N–H and O–H groups in total. The van der Waals surface area contributed by atoms with Gasteiger partial charge in [-0.15, -0.1) is 0 Å². The second-order valence-electron chi connectivity index (χ2n) is 5.37. The van der Waals surface area contributed by atoms with E-state index in [0.717, 1.165) is 11.1 Å². The molecule has 2 aromatic carbocycles. The molecule has 24 heavy (non-hydrogen) atoms. The van der Waals surface area contributed by atoms with Crippen LogP contribution in [0, 0.1) is 13.8 Å². The van der Waals surface area contributed by atoms with Crippen molar-refractivity contribution in [2.45, 2.75) is 18.7 Å². The number of carbonyl (C=O) groups excluding carboxylic acids is 2. The van der Waals surface area contributed by atoms with Gasteiger partial charge in [-0.05, 0) is 49.2 Å². The van der Waals surface area contributed by atoms with E-state index in [1.807, 2.05) is 44.2 Å². The average Bonchev–Trinajstić information content (AvgIpc) is 2.58. The fourth-order valence-corrected chi connectivity index (χ4v) is 3.02. The lowest BCUT2D eigenvalue weighted by atomic mass is 10.1. The largest absolute Gasteiger partial charge is 0.347 e. The molecule has 0 aliphatic heterocycles. The Morgan fingerprint density at radius 2 is 1.67 bits per heavy atom. The predicted octanol–water partition coefficient (Wildman–Crippen LogP) is 2.17. The summed E-state index contributed by atoms with van der Waals surface area (Å²) in [6.45, 7) is 4.07. The number of amides is 2. The van der Waals surface area contributed by atoms with Gasteiger partial charge in [-0.1, -0.05) is 24.3 Å². The number of carbonyl (C=O) groups is 2. The summed E-state index contributed by atoms with van der Waals surface area (Å²) in [5.74, 6) is -1.21. The third-order valence-electron chi connectivity index (χ3n) is 3.55. The second kappa shape index (κ2) is 8.40. The van der Waals surface area contributed by atoms with Crippen molar-refractivity contribution in [2.24, 2.45) is 0 Å². The van der Waals surface area contributed by atoms with Crippen molar-refractivity contribution in [3.8, 4) is 0 Å². The van der Waals surface area contributed by atoms with E-state index >= 15 is 0 Å². The number of anilines is 1. The van der Waals surface area contributed by atoms with Crippen molar-refractivity contribution in [3.05, 3.63) is 59.7 Å². The van der Waals surface area contributed by atoms with Crippen molar-refractivity contribution in [1.82, 2.24) is 5.32 Å². The van der Waals surface area contributed by atoms with Crippen molar-refractivity contribution in [1.29, 1.82) is 0 Å². The molecule has 0 fully saturated rings. The van der Waals surface area contributed by atoms with Gasteiger partial charge in [0.15, 0.2) is 0 Å². The van der Waals surface area contributed by atoms with Crippen LogP contribution >= 0.6 is 0 Å². The lowest BCUT2D eigenvalue weighted by molar-refractivity contribution is -0.136. The Kier molecular flexibility index (Phi) is 6.26. The van der Waals surface area contributed by atoms with Crippen LogP contribution in [0.2, 0.25) is 0 Å². The van der Waals surface area contributed by atoms with Gasteiger partial charge in [-0.2, -0.15) is 0 Å². The Bertz CT molecular complexity index is 760. The average molecular weight is 344 g/mol. The van der Waals surface area contributed by atoms with E-state index in [0.29, 0.717) is 10.6 Å². The van der Waals surface area contributed by atoms with E-state index in [2.05, 4.69) is 10.6 Å². The number of aryl methyl sites for hydroxylation is 2. The van der Waals surface area contributed by atoms with Crippen LogP contribution in [-0.2, 0) is 20.4 Å². The Hall–Kier alpha value is -2.47. The van der Waals surface area contributed by atoms with E-state index in [-0.39, 0.29) is 12.3 Å². The third-order valence-corrected chi connectivity index (χ3v) is 4.92. The van der Waals surface area contributed by atoms with Crippen molar-refractivity contribution < 1.29 is 13.8 Å². The fourth-order valence-electron chi connectivity index (χ4n) is 2.03. The number of benzene rings is 2. The molecule has 0 aromatic heterocycles. The smallest absolute Gasteiger partial charge is 0.313 e. The Labute approximate surface area is 143 Å². The lowest BCUT2D eigenvalue weighted by Gasteiger charge is -2.08. The minimum absolute atomic E-state index is 0.167. The molecule has 0 heterocycles. The molecule has 1 unspecified atom stereocenters. The van der Waals surface area contributed by atoms with Crippen LogP contribution in [-0.4, -0.2) is 28.3 Å². The van der Waals surface area contributed by atoms with Gasteiger partial charge >= 0.3 is 11.8 Å². The predicted molar refractivity (Wildman–Crippen MR) is 95.3 cm³/mol. The van der Waals surface area contributed by atoms with Gasteiger partial charge in [-0.3, -0.25) is 13.8 Å². The van der Waals surface area contributed by atoms with Gasteiger partial charge in [0, 0.05) is 22.9 Å². The molecule has 2 amide bonds. The Morgan fingerprint density at radius 1 is 0.958 bits per heavy atom. The summed E-state index contributed by atoms with van der Waals surface area (Å²) in [5, 5.41) is 5.04. The van der Waals surface area contributed by atoms with Gasteiger partial charge in [0.1, 0.15) is 0 Å². The second-order valence-corrected chi connectivity index (χ2v) is 6.94. The number of hydrogen-bond donors (Lipinski definition) is 2. The zero-order chi connectivity index (χ0) is 17.5. The molecule has 0 spiro atoms. The van der Waals surface area contributed by atoms with Crippen molar-refractivity contribution in [3.63, 3.8) is 0 Å². The number of rotatable bonds is 5. The minimum Gasteiger partial charge on any atom is -0.347 e. The molecule has 0 aliphatic carbocycles. The Morgan fingerprint density at radius 3 is 2.33 bits per heavy atom. The molecule has 2 rings (SSSR count). The van der Waals surface area contributed by atoms with Crippen molar-refractivity contribution >= 4 is 28.3 Å². The first kappa shape index (κ1) is 17.9. The van der Waals surface area contributed by atoms with Gasteiger partial charge in [-0.25, -0.2) is 0 Å². The van der Waals surface area contributed by atoms with Crippen LogP contribution in [0.25, 0.3) is 0 Å². The first-order valence-electron chi connectivity index (χ1n) is 7.57. The summed E-state index contributed by atoms with van der Waals surface area (Å²) in [6, 6.07) is 14.4. The van der Waals surface area contributed by atoms with Gasteiger partial charge in [0.25, 0.3) is 0 Å². The molecule has 0 bridgehead atoms. The number of nitrogens with one attached hydrogen (secondary N) is 2. The monoisotopic (exact) mass is 344 g/mol. The molecule has 2 aromatic rings. The number of hydrogen-bond acceptors (Lipinski definition) is 3. The molecule has 0 saturated carbocycles. The first-order chi connectivity index (χ1) is 11.5. The molecule has 126 valence electrons. The Balaban J connectivity index is 1.80. The summed E-state index contributed by atoms with van der Waals surface area (Å²) in [4.78, 5) is 24.4. The molecular weight excluding hydrogens is 324 g/mol. The fraction of sp³-hybridized carbons (Fsp3) is 0.222. The zero-order valence-corrected chi connectivity index (χ0v) is 14.5. The van der Waals surface area contributed by atoms with Crippen molar-refractivity contribution in [2.75, 3.05) is 17.6 Å². The van der Waals surface area contributed by atoms with E-state index in [4.69, 9.17) is 0 Å². The highest BCUT2D eigenvalue weighted by atomic mass is 32.2. The highest BCUT2D eigenvalue weighted by Crippen LogP contribution is 2.13. The molecule has 5 nitrogen and oxygen atoms in total. The highest BCUT2D eigenvalue weighted by molar-refractivity contribution is 7.85. The van der Waals surface area contributed by atoms with E-state index in [1.165, 1.54) is 0 Å². The van der Waals surface area contributed by atoms with Crippen LogP contribution in [0.5, 0.6) is 0 Å². The minimum atomic E-state index is -1.20. The van der Waals surface area contributed by atoms with Crippen LogP contribution in [0.3, 0.4) is 0 Å². The molecule has 0 saturated heterocycles. The maximum absolute atomic E-state index is 12.0. The first-order valence-corrected chi connectivity index (χ1v) is 8.89. The van der Waals surface area contributed by atoms with Gasteiger partial charge in [0.2, 0.25) is 0 Å². The molecule has 0 radical (unpaired) electrons. The summed E-state index contributed by atoms with van der Waals surface area (Å²) in [5.41, 5.74) is 2.72. The maximum Gasteiger partial charge on any atom is 0.313 e. The molecular formula is C18H20N2O3S. The van der Waals surface area contributed by atoms with E-state index in [1.54, 1.807) is 18.2 Å². The van der Waals surface area contributed by atoms with Crippen LogP contribution < -0.4 is 10.6 Å². The van der Waals surface area contributed by atoms with E-state index in [9.17, 15) is 13.8 Å². The zero-order valence-electron chi connectivity index (χ0n) is 13.7. The maximum atomic E-state index is 12.0. The summed E-state index contributed by atoms with van der Waals surface area (Å²) < 4.78 is 12.0. The molecule has 0 aliphatic rings. The summed E-state index contributed by atoms with van der Waals surface area (Å²) >= 11 is 0. The van der Waals surface area contributed by atoms with Gasteiger partial charge < -0.3 is 10.6 Å². The van der Waals surface area contributed by atoms with Crippen LogP contribution in [0.4, 0.5) is 5.69 Å². The molecule has 6 heteroatoms. The van der Waals surface area contributed by atoms with E-state index < -0.39 is 22.6 Å². The standard InChI is InChI=1S/C18H20N2O3S/c1-13-8-9-15(12-14(13)2)20-18(22)17(21)19-10-11-24(23)16-6-4-3-5-7-16/h3-9,12H,10-11H2,1-2H3,(H,19,21)(H,20,22). The third kappa shape index (κ3) is 5.03. The summed E-state index contributed by atoms with van der Waals surface area (Å²) in [7, 11) is -1.20. The SMILES string of the molecule is Cc1ccc(NC(=O)C(=O)NCCS(=O)c2ccccc2)cc1C. The lowest BCUT2D eigenvalue weighted by Crippen LogP contribution is -2.37. The van der Waals surface area contributed by atoms with Crippen LogP contribution in [0.1, 0.15) is 11.1 Å². The quantitative estimate of drug-likeness (QED) is 0.816.